The summed E-state index contributed by atoms with van der Waals surface area (Å²) < 4.78 is 1.04. The van der Waals surface area contributed by atoms with Crippen molar-refractivity contribution in [3.05, 3.63) is 22.3 Å². The van der Waals surface area contributed by atoms with Crippen LogP contribution in [-0.2, 0) is 6.54 Å². The van der Waals surface area contributed by atoms with Crippen molar-refractivity contribution in [2.24, 2.45) is 0 Å². The Morgan fingerprint density at radius 3 is 2.94 bits per heavy atom. The van der Waals surface area contributed by atoms with Crippen molar-refractivity contribution in [1.82, 2.24) is 15.2 Å². The van der Waals surface area contributed by atoms with Crippen LogP contribution in [0.5, 0.6) is 0 Å². The fourth-order valence-corrected chi connectivity index (χ4v) is 2.81. The van der Waals surface area contributed by atoms with Crippen molar-refractivity contribution in [1.29, 1.82) is 0 Å². The molecule has 1 atom stereocenters. The lowest BCUT2D eigenvalue weighted by atomic mass is 10.2. The average molecular weight is 313 g/mol. The smallest absolute Gasteiger partial charge is 0.133 e. The molecule has 2 rings (SSSR count). The molecule has 0 aromatic carbocycles. The number of aromatic nitrogens is 1. The third-order valence-corrected chi connectivity index (χ3v) is 3.90. The second kappa shape index (κ2) is 5.99. The maximum atomic E-state index is 4.59. The van der Waals surface area contributed by atoms with Crippen LogP contribution in [0.15, 0.2) is 16.7 Å². The number of hydrogen-bond acceptors (Lipinski definition) is 4. The van der Waals surface area contributed by atoms with Crippen LogP contribution in [-0.4, -0.2) is 50.2 Å². The van der Waals surface area contributed by atoms with Gasteiger partial charge in [-0.1, -0.05) is 0 Å². The predicted octanol–water partition coefficient (Wildman–Crippen LogP) is 1.70. The average Bonchev–Trinajstić information content (AvgIpc) is 2.79. The zero-order valence-corrected chi connectivity index (χ0v) is 12.9. The first-order chi connectivity index (χ1) is 8.61. The number of nitrogens with zero attached hydrogens (tertiary/aromatic N) is 3. The van der Waals surface area contributed by atoms with Gasteiger partial charge in [0, 0.05) is 41.9 Å². The van der Waals surface area contributed by atoms with Crippen LogP contribution in [0.4, 0.5) is 5.82 Å². The second-order valence-electron chi connectivity index (χ2n) is 5.02. The van der Waals surface area contributed by atoms with E-state index in [9.17, 15) is 0 Å². The number of pyridine rings is 1. The largest absolute Gasteiger partial charge is 0.355 e. The van der Waals surface area contributed by atoms with Gasteiger partial charge in [0.25, 0.3) is 0 Å². The van der Waals surface area contributed by atoms with Gasteiger partial charge in [0.15, 0.2) is 0 Å². The second-order valence-corrected chi connectivity index (χ2v) is 5.93. The summed E-state index contributed by atoms with van der Waals surface area (Å²) in [7, 11) is 6.27. The van der Waals surface area contributed by atoms with E-state index < -0.39 is 0 Å². The molecule has 100 valence electrons. The SMILES string of the molecule is CNCc1cc(Br)cnc1N1CCC(N(C)C)C1. The van der Waals surface area contributed by atoms with Crippen LogP contribution in [0.25, 0.3) is 0 Å². The first-order valence-electron chi connectivity index (χ1n) is 6.32. The predicted molar refractivity (Wildman–Crippen MR) is 79.0 cm³/mol. The quantitative estimate of drug-likeness (QED) is 0.917. The first kappa shape index (κ1) is 13.8. The Balaban J connectivity index is 2.18. The van der Waals surface area contributed by atoms with Gasteiger partial charge < -0.3 is 15.1 Å². The van der Waals surface area contributed by atoms with Crippen molar-refractivity contribution in [3.8, 4) is 0 Å². The number of halogens is 1. The Morgan fingerprint density at radius 2 is 2.33 bits per heavy atom. The standard InChI is InChI=1S/C13H21BrN4/c1-15-7-10-6-11(14)8-16-13(10)18-5-4-12(9-18)17(2)3/h6,8,12,15H,4-5,7,9H2,1-3H3. The van der Waals surface area contributed by atoms with Gasteiger partial charge in [0.1, 0.15) is 5.82 Å². The molecule has 1 aliphatic rings. The third kappa shape index (κ3) is 3.02. The van der Waals surface area contributed by atoms with E-state index >= 15 is 0 Å². The fraction of sp³-hybridized carbons (Fsp3) is 0.615. The summed E-state index contributed by atoms with van der Waals surface area (Å²) in [5.74, 6) is 1.12. The Morgan fingerprint density at radius 1 is 1.56 bits per heavy atom. The molecule has 1 unspecified atom stereocenters. The molecule has 0 radical (unpaired) electrons. The summed E-state index contributed by atoms with van der Waals surface area (Å²) in [6.07, 6.45) is 3.10. The normalized spacial score (nSPS) is 19.8. The molecule has 2 heterocycles. The summed E-state index contributed by atoms with van der Waals surface area (Å²) in [6, 6.07) is 2.79. The minimum absolute atomic E-state index is 0.637. The summed E-state index contributed by atoms with van der Waals surface area (Å²) in [5.41, 5.74) is 1.26. The molecule has 0 bridgehead atoms. The molecule has 1 fully saturated rings. The molecule has 0 amide bonds. The molecule has 1 aromatic rings. The maximum absolute atomic E-state index is 4.59. The van der Waals surface area contributed by atoms with Crippen LogP contribution >= 0.6 is 15.9 Å². The first-order valence-corrected chi connectivity index (χ1v) is 7.11. The Bertz CT molecular complexity index is 408. The van der Waals surface area contributed by atoms with E-state index in [1.165, 1.54) is 12.0 Å². The number of rotatable bonds is 4. The highest BCUT2D eigenvalue weighted by molar-refractivity contribution is 9.10. The zero-order chi connectivity index (χ0) is 13.1. The van der Waals surface area contributed by atoms with E-state index in [0.29, 0.717) is 6.04 Å². The van der Waals surface area contributed by atoms with Gasteiger partial charge in [-0.15, -0.1) is 0 Å². The molecule has 18 heavy (non-hydrogen) atoms. The number of likely N-dealkylation sites (N-methyl/N-ethyl adjacent to an activating group) is 1. The maximum Gasteiger partial charge on any atom is 0.133 e. The molecule has 5 heteroatoms. The molecule has 0 spiro atoms. The van der Waals surface area contributed by atoms with E-state index in [0.717, 1.165) is 29.9 Å². The Kier molecular flexibility index (Phi) is 4.59. The van der Waals surface area contributed by atoms with E-state index in [4.69, 9.17) is 0 Å². The van der Waals surface area contributed by atoms with Gasteiger partial charge in [-0.2, -0.15) is 0 Å². The Hall–Kier alpha value is -0.650. The summed E-state index contributed by atoms with van der Waals surface area (Å²) in [4.78, 5) is 9.29. The van der Waals surface area contributed by atoms with E-state index in [1.54, 1.807) is 0 Å². The molecule has 1 saturated heterocycles. The molecule has 0 saturated carbocycles. The van der Waals surface area contributed by atoms with Crippen molar-refractivity contribution >= 4 is 21.7 Å². The molecule has 4 nitrogen and oxygen atoms in total. The van der Waals surface area contributed by atoms with Crippen molar-refractivity contribution < 1.29 is 0 Å². The monoisotopic (exact) mass is 312 g/mol. The molecular formula is C13H21BrN4. The van der Waals surface area contributed by atoms with Gasteiger partial charge in [-0.3, -0.25) is 0 Å². The minimum Gasteiger partial charge on any atom is -0.355 e. The molecule has 1 N–H and O–H groups in total. The van der Waals surface area contributed by atoms with Crippen LogP contribution in [0.3, 0.4) is 0 Å². The van der Waals surface area contributed by atoms with Gasteiger partial charge in [-0.25, -0.2) is 4.98 Å². The highest BCUT2D eigenvalue weighted by Gasteiger charge is 2.26. The summed E-state index contributed by atoms with van der Waals surface area (Å²) in [6.45, 7) is 3.01. The minimum atomic E-state index is 0.637. The van der Waals surface area contributed by atoms with Crippen LogP contribution in [0, 0.1) is 0 Å². The van der Waals surface area contributed by atoms with Gasteiger partial charge in [0.05, 0.1) is 0 Å². The lowest BCUT2D eigenvalue weighted by molar-refractivity contribution is 0.315. The molecule has 1 aromatic heterocycles. The van der Waals surface area contributed by atoms with Gasteiger partial charge >= 0.3 is 0 Å². The number of anilines is 1. The van der Waals surface area contributed by atoms with E-state index in [2.05, 4.69) is 56.2 Å². The van der Waals surface area contributed by atoms with Crippen LogP contribution < -0.4 is 10.2 Å². The van der Waals surface area contributed by atoms with Crippen molar-refractivity contribution in [2.75, 3.05) is 39.1 Å². The van der Waals surface area contributed by atoms with Crippen LogP contribution in [0.1, 0.15) is 12.0 Å². The summed E-state index contributed by atoms with van der Waals surface area (Å²) in [5, 5.41) is 3.21. The molecule has 0 aliphatic carbocycles. The van der Waals surface area contributed by atoms with Crippen LogP contribution in [0.2, 0.25) is 0 Å². The topological polar surface area (TPSA) is 31.4 Å². The highest BCUT2D eigenvalue weighted by Crippen LogP contribution is 2.26. The number of hydrogen-bond donors (Lipinski definition) is 1. The fourth-order valence-electron chi connectivity index (χ4n) is 2.43. The van der Waals surface area contributed by atoms with Gasteiger partial charge in [-0.05, 0) is 49.6 Å². The lowest BCUT2D eigenvalue weighted by Gasteiger charge is -2.23. The third-order valence-electron chi connectivity index (χ3n) is 3.47. The Labute approximate surface area is 118 Å². The van der Waals surface area contributed by atoms with E-state index in [-0.39, 0.29) is 0 Å². The van der Waals surface area contributed by atoms with Crippen molar-refractivity contribution in [2.45, 2.75) is 19.0 Å². The van der Waals surface area contributed by atoms with E-state index in [1.807, 2.05) is 13.2 Å². The zero-order valence-electron chi connectivity index (χ0n) is 11.3. The molecular weight excluding hydrogens is 292 g/mol. The lowest BCUT2D eigenvalue weighted by Crippen LogP contribution is -2.32. The summed E-state index contributed by atoms with van der Waals surface area (Å²) >= 11 is 3.49. The molecule has 1 aliphatic heterocycles. The van der Waals surface area contributed by atoms with Crippen molar-refractivity contribution in [3.63, 3.8) is 0 Å². The highest BCUT2D eigenvalue weighted by atomic mass is 79.9. The number of nitrogens with one attached hydrogen (secondary N) is 1. The van der Waals surface area contributed by atoms with Gasteiger partial charge in [0.2, 0.25) is 0 Å².